The smallest absolute Gasteiger partial charge is 0.220 e. The summed E-state index contributed by atoms with van der Waals surface area (Å²) in [6.07, 6.45) is 3.52. The number of aromatic hydroxyl groups is 1. The molecule has 1 aromatic carbocycles. The summed E-state index contributed by atoms with van der Waals surface area (Å²) in [5.74, 6) is 0.311. The summed E-state index contributed by atoms with van der Waals surface area (Å²) in [6, 6.07) is 5.82. The van der Waals surface area contributed by atoms with E-state index in [2.05, 4.69) is 25.9 Å². The maximum atomic E-state index is 9.92. The van der Waals surface area contributed by atoms with Crippen LogP contribution in [0.15, 0.2) is 27.7 Å². The second-order valence-corrected chi connectivity index (χ2v) is 5.08. The lowest BCUT2D eigenvalue weighted by atomic mass is 10.1. The molecule has 5 nitrogen and oxygen atoms in total. The first-order valence-corrected chi connectivity index (χ1v) is 6.43. The second-order valence-electron chi connectivity index (χ2n) is 4.23. The molecule has 0 atom stereocenters. The van der Waals surface area contributed by atoms with E-state index >= 15 is 0 Å². The van der Waals surface area contributed by atoms with Crippen molar-refractivity contribution in [1.29, 1.82) is 0 Å². The van der Waals surface area contributed by atoms with Crippen molar-refractivity contribution in [2.24, 2.45) is 12.0 Å². The Hall–Kier alpha value is -2.08. The largest absolute Gasteiger partial charge is 0.493 e. The van der Waals surface area contributed by atoms with Gasteiger partial charge in [0, 0.05) is 28.9 Å². The molecule has 3 N–H and O–H groups in total. The van der Waals surface area contributed by atoms with Gasteiger partial charge in [0.2, 0.25) is 11.8 Å². The van der Waals surface area contributed by atoms with E-state index in [1.165, 1.54) is 4.57 Å². The Morgan fingerprint density at radius 1 is 1.42 bits per heavy atom. The van der Waals surface area contributed by atoms with Crippen molar-refractivity contribution in [3.05, 3.63) is 33.9 Å². The minimum absolute atomic E-state index is 0.0407. The topological polar surface area (TPSA) is 76.4 Å². The van der Waals surface area contributed by atoms with Crippen molar-refractivity contribution >= 4 is 45.4 Å². The summed E-state index contributed by atoms with van der Waals surface area (Å²) >= 11 is 3.51. The number of nitrogens with two attached hydrogens (primary N) is 1. The van der Waals surface area contributed by atoms with Crippen LogP contribution in [0.3, 0.4) is 0 Å². The Morgan fingerprint density at radius 2 is 2.21 bits per heavy atom. The van der Waals surface area contributed by atoms with Crippen LogP contribution in [-0.2, 0) is 7.05 Å². The third-order valence-electron chi connectivity index (χ3n) is 3.04. The molecule has 1 aliphatic heterocycles. The van der Waals surface area contributed by atoms with E-state index in [1.807, 2.05) is 18.2 Å². The third-order valence-corrected chi connectivity index (χ3v) is 3.70. The Labute approximate surface area is 118 Å². The van der Waals surface area contributed by atoms with E-state index < -0.39 is 0 Å². The van der Waals surface area contributed by atoms with Crippen molar-refractivity contribution in [1.82, 2.24) is 9.55 Å². The number of fused-ring (bicyclic) bond motifs is 1. The molecule has 0 aliphatic carbocycles. The number of rotatable bonds is 1. The molecule has 0 fully saturated rings. The maximum absolute atomic E-state index is 9.92. The molecule has 96 valence electrons. The first-order valence-electron chi connectivity index (χ1n) is 5.63. The molecule has 2 aromatic rings. The van der Waals surface area contributed by atoms with Crippen LogP contribution in [0.2, 0.25) is 0 Å². The highest BCUT2D eigenvalue weighted by molar-refractivity contribution is 9.10. The number of anilines is 1. The minimum atomic E-state index is 0.0407. The van der Waals surface area contributed by atoms with Gasteiger partial charge >= 0.3 is 0 Å². The number of benzene rings is 1. The summed E-state index contributed by atoms with van der Waals surface area (Å²) in [4.78, 5) is 8.44. The number of nitrogens with zero attached hydrogens (tertiary/aromatic N) is 3. The second kappa shape index (κ2) is 4.24. The Morgan fingerprint density at radius 3 is 2.89 bits per heavy atom. The molecule has 3 rings (SSSR count). The van der Waals surface area contributed by atoms with Crippen LogP contribution >= 0.6 is 15.9 Å². The fraction of sp³-hybridized carbons (Fsp3) is 0.0769. The lowest BCUT2D eigenvalue weighted by molar-refractivity contribution is 0.432. The van der Waals surface area contributed by atoms with Crippen molar-refractivity contribution < 1.29 is 5.11 Å². The zero-order valence-corrected chi connectivity index (χ0v) is 11.7. The summed E-state index contributed by atoms with van der Waals surface area (Å²) in [6.45, 7) is 0. The highest BCUT2D eigenvalue weighted by Gasteiger charge is 2.17. The lowest BCUT2D eigenvalue weighted by Crippen LogP contribution is -1.95. The molecule has 0 spiro atoms. The number of aliphatic imine (C=N–C) groups is 1. The first kappa shape index (κ1) is 12.0. The number of halogens is 1. The summed E-state index contributed by atoms with van der Waals surface area (Å²) in [5.41, 5.74) is 8.86. The van der Waals surface area contributed by atoms with Crippen LogP contribution in [0.5, 0.6) is 5.88 Å². The predicted molar refractivity (Wildman–Crippen MR) is 79.5 cm³/mol. The number of nitrogen functional groups attached to an aromatic ring is 1. The normalized spacial score (nSPS) is 15.2. The Kier molecular flexibility index (Phi) is 2.67. The Balaban J connectivity index is 2.13. The van der Waals surface area contributed by atoms with Crippen molar-refractivity contribution in [3.63, 3.8) is 0 Å². The number of allylic oxidation sites excluding steroid dienone is 1. The SMILES string of the molecule is Cn1c(N)nc(C=C2C=Nc3cccc(Br)c32)c1O. The molecule has 0 amide bonds. The van der Waals surface area contributed by atoms with Crippen LogP contribution < -0.4 is 5.73 Å². The Bertz CT molecular complexity index is 730. The monoisotopic (exact) mass is 318 g/mol. The summed E-state index contributed by atoms with van der Waals surface area (Å²) < 4.78 is 2.39. The zero-order valence-electron chi connectivity index (χ0n) is 10.1. The van der Waals surface area contributed by atoms with Gasteiger partial charge in [0.05, 0.1) is 5.69 Å². The number of aromatic nitrogens is 2. The third kappa shape index (κ3) is 1.84. The van der Waals surface area contributed by atoms with Gasteiger partial charge in [-0.15, -0.1) is 0 Å². The van der Waals surface area contributed by atoms with Crippen LogP contribution in [0.4, 0.5) is 11.6 Å². The van der Waals surface area contributed by atoms with E-state index in [1.54, 1.807) is 19.3 Å². The first-order chi connectivity index (χ1) is 9.08. The molecule has 0 saturated carbocycles. The van der Waals surface area contributed by atoms with E-state index in [-0.39, 0.29) is 11.8 Å². The minimum Gasteiger partial charge on any atom is -0.493 e. The molecule has 0 unspecified atom stereocenters. The fourth-order valence-corrected chi connectivity index (χ4v) is 2.58. The molecule has 1 aromatic heterocycles. The number of imidazole rings is 1. The van der Waals surface area contributed by atoms with E-state index in [9.17, 15) is 5.11 Å². The van der Waals surface area contributed by atoms with Gasteiger partial charge in [0.15, 0.2) is 0 Å². The van der Waals surface area contributed by atoms with E-state index in [0.717, 1.165) is 21.3 Å². The molecule has 6 heteroatoms. The van der Waals surface area contributed by atoms with Gasteiger partial charge < -0.3 is 10.8 Å². The average molecular weight is 319 g/mol. The van der Waals surface area contributed by atoms with Gasteiger partial charge in [-0.25, -0.2) is 4.98 Å². The van der Waals surface area contributed by atoms with Crippen LogP contribution in [-0.4, -0.2) is 20.9 Å². The van der Waals surface area contributed by atoms with Gasteiger partial charge in [0.1, 0.15) is 5.69 Å². The van der Waals surface area contributed by atoms with Crippen molar-refractivity contribution in [3.8, 4) is 5.88 Å². The van der Waals surface area contributed by atoms with Crippen LogP contribution in [0.1, 0.15) is 11.3 Å². The highest BCUT2D eigenvalue weighted by atomic mass is 79.9. The summed E-state index contributed by atoms with van der Waals surface area (Å²) in [7, 11) is 1.66. The van der Waals surface area contributed by atoms with Gasteiger partial charge in [-0.3, -0.25) is 9.56 Å². The van der Waals surface area contributed by atoms with E-state index in [0.29, 0.717) is 5.69 Å². The predicted octanol–water partition coefficient (Wildman–Crippen LogP) is 2.73. The van der Waals surface area contributed by atoms with Gasteiger partial charge in [-0.05, 0) is 18.2 Å². The van der Waals surface area contributed by atoms with Crippen LogP contribution in [0, 0.1) is 0 Å². The van der Waals surface area contributed by atoms with Crippen molar-refractivity contribution in [2.75, 3.05) is 5.73 Å². The summed E-state index contributed by atoms with van der Waals surface area (Å²) in [5, 5.41) is 9.92. The van der Waals surface area contributed by atoms with Crippen LogP contribution in [0.25, 0.3) is 11.6 Å². The molecule has 2 heterocycles. The molecular formula is C13H11BrN4O. The molecule has 0 saturated heterocycles. The molecule has 0 bridgehead atoms. The fourth-order valence-electron chi connectivity index (χ4n) is 1.99. The molecular weight excluding hydrogens is 308 g/mol. The van der Waals surface area contributed by atoms with Gasteiger partial charge in [-0.1, -0.05) is 22.0 Å². The average Bonchev–Trinajstić information content (AvgIpc) is 2.89. The van der Waals surface area contributed by atoms with Gasteiger partial charge in [0.25, 0.3) is 0 Å². The standard InChI is InChI=1S/C13H11BrN4O/c1-18-12(19)10(17-13(18)15)5-7-6-16-9-4-2-3-8(14)11(7)9/h2-6,19H,1H3,(H2,15,17). The zero-order chi connectivity index (χ0) is 13.6. The molecule has 0 radical (unpaired) electrons. The lowest BCUT2D eigenvalue weighted by Gasteiger charge is -2.02. The van der Waals surface area contributed by atoms with Gasteiger partial charge in [-0.2, -0.15) is 0 Å². The maximum Gasteiger partial charge on any atom is 0.220 e. The molecule has 19 heavy (non-hydrogen) atoms. The number of hydrogen-bond donors (Lipinski definition) is 2. The van der Waals surface area contributed by atoms with E-state index in [4.69, 9.17) is 5.73 Å². The highest BCUT2D eigenvalue weighted by Crippen LogP contribution is 2.38. The van der Waals surface area contributed by atoms with Crippen molar-refractivity contribution in [2.45, 2.75) is 0 Å². The quantitative estimate of drug-likeness (QED) is 0.848. The molecule has 1 aliphatic rings. The number of hydrogen-bond acceptors (Lipinski definition) is 4.